The van der Waals surface area contributed by atoms with Crippen molar-refractivity contribution < 1.29 is 90.6 Å². The summed E-state index contributed by atoms with van der Waals surface area (Å²) in [6.07, 6.45) is 26.9. The van der Waals surface area contributed by atoms with E-state index in [0.717, 1.165) is 208 Å². The highest BCUT2D eigenvalue weighted by Gasteiger charge is 2.40. The number of carbonyl (C=O) groups excluding carboxylic acids is 5. The van der Waals surface area contributed by atoms with E-state index in [4.69, 9.17) is 23.7 Å². The third kappa shape index (κ3) is 22.6. The van der Waals surface area contributed by atoms with Gasteiger partial charge in [-0.15, -0.1) is 0 Å². The van der Waals surface area contributed by atoms with Crippen molar-refractivity contribution in [2.24, 2.45) is 5.41 Å². The van der Waals surface area contributed by atoms with Crippen LogP contribution in [-0.2, 0) is 160 Å². The first-order valence-corrected chi connectivity index (χ1v) is 57.3. The summed E-state index contributed by atoms with van der Waals surface area (Å²) in [6.45, 7) is 26.6. The van der Waals surface area contributed by atoms with Gasteiger partial charge in [0.1, 0.15) is 17.6 Å². The summed E-state index contributed by atoms with van der Waals surface area (Å²) >= 11 is 0. The van der Waals surface area contributed by atoms with Crippen molar-refractivity contribution in [3.8, 4) is 29.4 Å². The maximum atomic E-state index is 13.2. The number of anilines is 5. The number of aromatic nitrogens is 10. The van der Waals surface area contributed by atoms with Gasteiger partial charge >= 0.3 is 30.2 Å². The topological polar surface area (TPSA) is 515 Å². The molecule has 5 aliphatic heterocycles. The fourth-order valence-corrected chi connectivity index (χ4v) is 25.8. The molecule has 5 aromatic carbocycles. The maximum Gasteiger partial charge on any atom is 0.333 e. The summed E-state index contributed by atoms with van der Waals surface area (Å²) in [5.74, 6) is 5.37. The normalized spacial score (nSPS) is 17.2. The molecule has 40 nitrogen and oxygen atoms in total. The molecule has 10 aromatic rings. The van der Waals surface area contributed by atoms with Gasteiger partial charge in [0, 0.05) is 66.3 Å². The number of rotatable bonds is 19. The number of urea groups is 5. The standard InChI is InChI=1S/C21H26N4O4S.2C20H24N4O4S.C20H28N4O4S.C19H26N4O4S/c1-21(2)11-25-19(29-12-21)17(10-22-25)30(27,28)24-20(26)23-18-15-7-3-5-13(15)9-14-6-4-8-16(14)18;1-29(27,17-9-21-24-10-14(25)11-28-19(17)24)23-20(26)22-18-15-6-2-4-12(15)8-13-5-3-7-16(13)18;25-20(22-18-15-7-3-5-13(15)11-14-6-4-8-16(14)18)23-29(26,27)17-12-21-24-9-1-2-10-28-19(17)24;1-12(2)15-9-14(5)10-16(13(3)4)18(15)22-20(25)23-29(26,27)17-11-21-24-7-6-8-28-19(17)24;1-12(2)14-7-5-8-15(13(3)4)17(14)21-19(24)22-28(25,26)16-11-20-23-9-6-10-27-18(16)23/h9-10H,3-8,11-12H2,1-2H3,(H2,23,24,26);8-9,14,25H,1-7,10-11H2,(H2,22,23,26,27);11-12H,1-10H2,(H2,22,23,25);9-13H,6-8H2,1-5H3,(H2,22,23,25);5,7-8,11-13H,6,9-10H2,1-4H3,(H2,21,22,24). The van der Waals surface area contributed by atoms with E-state index in [-0.39, 0.29) is 96.1 Å². The van der Waals surface area contributed by atoms with Crippen LogP contribution in [0.15, 0.2) is 104 Å². The Kier molecular flexibility index (Phi) is 30.3. The van der Waals surface area contributed by atoms with E-state index < -0.39 is 86.1 Å². The highest BCUT2D eigenvalue weighted by molar-refractivity contribution is 7.99. The molecule has 5 aromatic heterocycles. The average Bonchev–Trinajstić information content (AvgIpc) is 1.49. The number of sulfonamides is 4. The van der Waals surface area contributed by atoms with E-state index in [9.17, 15) is 67.0 Å². The van der Waals surface area contributed by atoms with E-state index in [1.807, 2.05) is 106 Å². The zero-order valence-corrected chi connectivity index (χ0v) is 87.5. The van der Waals surface area contributed by atoms with Crippen LogP contribution in [0.2, 0.25) is 0 Å². The van der Waals surface area contributed by atoms with Crippen LogP contribution in [0.4, 0.5) is 52.4 Å². The summed E-state index contributed by atoms with van der Waals surface area (Å²) in [4.78, 5) is 63.2. The summed E-state index contributed by atoms with van der Waals surface area (Å²) in [5.41, 5.74) is 23.3. The number of ether oxygens (including phenoxy) is 5. The zero-order valence-electron chi connectivity index (χ0n) is 83.4. The van der Waals surface area contributed by atoms with Crippen molar-refractivity contribution in [1.29, 1.82) is 0 Å². The van der Waals surface area contributed by atoms with Gasteiger partial charge in [-0.1, -0.05) is 123 Å². The lowest BCUT2D eigenvalue weighted by Gasteiger charge is -2.30. The van der Waals surface area contributed by atoms with Gasteiger partial charge in [-0.3, -0.25) is 4.72 Å². The van der Waals surface area contributed by atoms with Crippen LogP contribution >= 0.6 is 0 Å². The number of benzene rings is 5. The molecule has 45 heteroatoms. The predicted molar refractivity (Wildman–Crippen MR) is 545 cm³/mol. The number of carbonyl (C=O) groups is 5. The fourth-order valence-electron chi connectivity index (χ4n) is 20.7. The zero-order chi connectivity index (χ0) is 103. The Bertz CT molecular complexity index is 7180. The van der Waals surface area contributed by atoms with E-state index in [2.05, 4.69) is 99.8 Å². The molecule has 11 aliphatic rings. The van der Waals surface area contributed by atoms with Crippen LogP contribution in [0.5, 0.6) is 29.4 Å². The smallest absolute Gasteiger partial charge is 0.333 e. The maximum absolute atomic E-state index is 13.2. The van der Waals surface area contributed by atoms with Gasteiger partial charge < -0.3 is 55.4 Å². The number of para-hydroxylation sites is 1. The van der Waals surface area contributed by atoms with Crippen molar-refractivity contribution in [2.75, 3.05) is 59.6 Å². The largest absolute Gasteiger partial charge is 0.477 e. The molecular weight excluding hydrogens is 1960 g/mol. The molecule has 10 heterocycles. The molecule has 6 aliphatic carbocycles. The first-order chi connectivity index (χ1) is 69.0. The molecule has 2 unspecified atom stereocenters. The van der Waals surface area contributed by atoms with Crippen LogP contribution < -0.4 is 73.9 Å². The van der Waals surface area contributed by atoms with Crippen LogP contribution in [0.3, 0.4) is 0 Å². The second-order valence-corrected chi connectivity index (χ2v) is 49.0. The molecule has 11 N–H and O–H groups in total. The molecule has 145 heavy (non-hydrogen) atoms. The average molecular weight is 2090 g/mol. The quantitative estimate of drug-likeness (QED) is 0.0335. The second kappa shape index (κ2) is 42.4. The lowest BCUT2D eigenvalue weighted by Crippen LogP contribution is -2.36. The Morgan fingerprint density at radius 2 is 0.662 bits per heavy atom. The fraction of sp³-hybridized carbons (Fsp3) is 0.490. The summed E-state index contributed by atoms with van der Waals surface area (Å²) in [6, 6.07) is 13.0. The number of nitrogens with one attached hydrogen (secondary N) is 10. The number of hydrogen-bond donors (Lipinski definition) is 11. The van der Waals surface area contributed by atoms with E-state index in [0.29, 0.717) is 64.0 Å². The number of aliphatic hydroxyl groups excluding tert-OH is 1. The Labute approximate surface area is 844 Å². The van der Waals surface area contributed by atoms with Gasteiger partial charge in [-0.2, -0.15) is 25.5 Å². The lowest BCUT2D eigenvalue weighted by atomic mass is 9.90. The van der Waals surface area contributed by atoms with Crippen molar-refractivity contribution in [1.82, 2.24) is 72.5 Å². The molecule has 778 valence electrons. The van der Waals surface area contributed by atoms with Gasteiger partial charge in [0.15, 0.2) is 19.6 Å². The second-order valence-electron chi connectivity index (χ2n) is 40.4. The van der Waals surface area contributed by atoms with Gasteiger partial charge in [-0.25, -0.2) is 104 Å². The van der Waals surface area contributed by atoms with E-state index >= 15 is 0 Å². The number of aryl methyl sites for hydroxylation is 10. The predicted octanol–water partition coefficient (Wildman–Crippen LogP) is 13.9. The van der Waals surface area contributed by atoms with Gasteiger partial charge in [0.2, 0.25) is 29.4 Å². The summed E-state index contributed by atoms with van der Waals surface area (Å²) in [7, 11) is -19.6. The van der Waals surface area contributed by atoms with Crippen LogP contribution in [0, 0.1) is 12.3 Å². The van der Waals surface area contributed by atoms with E-state index in [1.54, 1.807) is 0 Å². The Morgan fingerprint density at radius 1 is 0.366 bits per heavy atom. The minimum atomic E-state index is -4.12. The Balaban J connectivity index is 0.000000124. The number of nitrogens with zero attached hydrogens (tertiary/aromatic N) is 10. The molecule has 21 rings (SSSR count). The SMILES string of the molecule is C=S(=O)(NC(=O)Nc1c2c(cc3c1CCC3)CCC2)c1cnn2c1OCC(O)C2.CC(C)c1cccc(C(C)C)c1NC(=O)NS(=O)(=O)c1cnn2c1OCCC2.CC1(C)COc2c(S(=O)(=O)NC(=O)Nc3c4c(cc5c3CCC5)CCC4)cnn2C1.Cc1cc(C(C)C)c(NC(=O)NS(=O)(=O)c2cnn3c2OCCC3)c(C(C)C)c1.O=C(Nc1c2c(cc3c1CCC3)CCC2)NS(=O)(=O)c1cnn2c1OCCCC2. The summed E-state index contributed by atoms with van der Waals surface area (Å²) < 4.78 is 162. The molecule has 0 radical (unpaired) electrons. The Hall–Kier alpha value is -12.7. The third-order valence-corrected chi connectivity index (χ3v) is 34.3. The highest BCUT2D eigenvalue weighted by atomic mass is 32.2. The molecule has 2 atom stereocenters. The number of fused-ring (bicyclic) bond motifs is 11. The lowest BCUT2D eigenvalue weighted by molar-refractivity contribution is 0.0538. The van der Waals surface area contributed by atoms with Gasteiger partial charge in [0.05, 0.1) is 80.2 Å². The van der Waals surface area contributed by atoms with Crippen LogP contribution in [-0.4, -0.2) is 167 Å². The minimum Gasteiger partial charge on any atom is -0.477 e. The van der Waals surface area contributed by atoms with Crippen LogP contribution in [0.25, 0.3) is 0 Å². The van der Waals surface area contributed by atoms with Crippen molar-refractivity contribution in [3.63, 3.8) is 0 Å². The first kappa shape index (κ1) is 104. The van der Waals surface area contributed by atoms with E-state index in [1.165, 1.54) is 98.9 Å². The first-order valence-electron chi connectivity index (χ1n) is 49.7. The Morgan fingerprint density at radius 3 is 1.02 bits per heavy atom. The number of aliphatic hydroxyl groups is 1. The molecule has 0 bridgehead atoms. The number of amides is 10. The minimum absolute atomic E-state index is 0.0860. The molecule has 0 spiro atoms. The van der Waals surface area contributed by atoms with Crippen molar-refractivity contribution >= 4 is 114 Å². The molecule has 0 saturated carbocycles. The molecule has 10 amide bonds. The highest BCUT2D eigenvalue weighted by Crippen LogP contribution is 2.45. The molecular formula is C100H128N20O20S5. The monoisotopic (exact) mass is 2090 g/mol. The third-order valence-electron chi connectivity index (χ3n) is 27.5. The van der Waals surface area contributed by atoms with Crippen LogP contribution in [0.1, 0.15) is 252 Å². The van der Waals surface area contributed by atoms with Gasteiger partial charge in [0.25, 0.3) is 40.1 Å². The van der Waals surface area contributed by atoms with Crippen molar-refractivity contribution in [3.05, 3.63) is 174 Å². The molecule has 0 fully saturated rings. The number of hydrogen-bond acceptors (Lipinski definition) is 25. The summed E-state index contributed by atoms with van der Waals surface area (Å²) in [5, 5.41) is 44.3. The van der Waals surface area contributed by atoms with Gasteiger partial charge in [-0.05, 0) is 254 Å². The molecule has 0 saturated heterocycles. The van der Waals surface area contributed by atoms with Crippen molar-refractivity contribution in [2.45, 2.75) is 304 Å².